The van der Waals surface area contributed by atoms with Crippen LogP contribution < -0.4 is 11.0 Å². The van der Waals surface area contributed by atoms with Crippen LogP contribution in [0.25, 0.3) is 0 Å². The fourth-order valence-corrected chi connectivity index (χ4v) is 3.55. The average molecular weight is 357 g/mol. The quantitative estimate of drug-likeness (QED) is 0.838. The Morgan fingerprint density at radius 2 is 1.92 bits per heavy atom. The number of amides is 1. The van der Waals surface area contributed by atoms with Crippen LogP contribution in [0.5, 0.6) is 0 Å². The Balaban J connectivity index is 1.73. The van der Waals surface area contributed by atoms with E-state index >= 15 is 0 Å². The molecule has 1 amide bonds. The summed E-state index contributed by atoms with van der Waals surface area (Å²) in [6.45, 7) is 5.24. The number of hydrogen-bond donors (Lipinski definition) is 1. The maximum absolute atomic E-state index is 12.7. The first-order chi connectivity index (χ1) is 12.6. The largest absolute Gasteiger partial charge is 0.358 e. The number of benzene rings is 1. The normalized spacial score (nSPS) is 15.9. The van der Waals surface area contributed by atoms with Gasteiger partial charge in [0.2, 0.25) is 5.91 Å². The fraction of sp³-hybridized carbons (Fsp3) is 0.526. The molecule has 0 spiro atoms. The van der Waals surface area contributed by atoms with E-state index in [0.717, 1.165) is 37.3 Å². The summed E-state index contributed by atoms with van der Waals surface area (Å²) in [4.78, 5) is 26.4. The van der Waals surface area contributed by atoms with Crippen molar-refractivity contribution in [1.29, 1.82) is 0 Å². The molecule has 7 heteroatoms. The lowest BCUT2D eigenvalue weighted by Gasteiger charge is -2.30. The zero-order valence-electron chi connectivity index (χ0n) is 15.5. The summed E-state index contributed by atoms with van der Waals surface area (Å²) < 4.78 is 3.37. The van der Waals surface area contributed by atoms with Gasteiger partial charge in [-0.2, -0.15) is 5.10 Å². The van der Waals surface area contributed by atoms with Gasteiger partial charge in [-0.1, -0.05) is 30.3 Å². The molecule has 0 aliphatic carbocycles. The van der Waals surface area contributed by atoms with E-state index in [4.69, 9.17) is 0 Å². The molecule has 2 aromatic rings. The number of piperidine rings is 1. The number of nitrogens with one attached hydrogen (secondary N) is 1. The molecule has 0 atom stereocenters. The van der Waals surface area contributed by atoms with Crippen LogP contribution in [0.1, 0.15) is 37.1 Å². The van der Waals surface area contributed by atoms with Gasteiger partial charge in [-0.25, -0.2) is 9.48 Å². The summed E-state index contributed by atoms with van der Waals surface area (Å²) in [7, 11) is 1.66. The Bertz CT molecular complexity index is 788. The molecular formula is C19H27N5O2. The molecule has 7 nitrogen and oxygen atoms in total. The van der Waals surface area contributed by atoms with Crippen LogP contribution in [0.3, 0.4) is 0 Å². The summed E-state index contributed by atoms with van der Waals surface area (Å²) in [5.41, 5.74) is 1.03. The molecule has 1 aromatic carbocycles. The van der Waals surface area contributed by atoms with Crippen LogP contribution >= 0.6 is 0 Å². The number of nitrogens with zero attached hydrogens (tertiary/aromatic N) is 4. The summed E-state index contributed by atoms with van der Waals surface area (Å²) >= 11 is 0. The Morgan fingerprint density at radius 1 is 1.23 bits per heavy atom. The van der Waals surface area contributed by atoms with Crippen LogP contribution in [-0.4, -0.2) is 51.8 Å². The van der Waals surface area contributed by atoms with Crippen molar-refractivity contribution in [3.05, 3.63) is 52.2 Å². The minimum absolute atomic E-state index is 0.0425. The van der Waals surface area contributed by atoms with E-state index < -0.39 is 0 Å². The third kappa shape index (κ3) is 4.04. The highest BCUT2D eigenvalue weighted by atomic mass is 16.2. The standard InChI is InChI=1S/C19H27N5O2/c1-3-23-18(16-9-11-22(12-10-16)14-17(25)20-2)21-24(19(23)26)13-15-7-5-4-6-8-15/h4-8,16H,3,9-14H2,1-2H3,(H,20,25). The minimum atomic E-state index is -0.0425. The van der Waals surface area contributed by atoms with Crippen molar-refractivity contribution in [2.45, 2.75) is 38.8 Å². The molecule has 1 aliphatic rings. The Kier molecular flexibility index (Phi) is 5.88. The number of aromatic nitrogens is 3. The molecule has 140 valence electrons. The number of carbonyl (C=O) groups excluding carboxylic acids is 1. The van der Waals surface area contributed by atoms with E-state index in [1.165, 1.54) is 0 Å². The average Bonchev–Trinajstić information content (AvgIpc) is 2.98. The second kappa shape index (κ2) is 8.31. The molecule has 1 saturated heterocycles. The van der Waals surface area contributed by atoms with Gasteiger partial charge in [0, 0.05) is 19.5 Å². The molecule has 0 bridgehead atoms. The van der Waals surface area contributed by atoms with Gasteiger partial charge in [0.1, 0.15) is 5.82 Å². The molecule has 1 fully saturated rings. The van der Waals surface area contributed by atoms with E-state index in [1.807, 2.05) is 37.3 Å². The second-order valence-electron chi connectivity index (χ2n) is 6.75. The number of carbonyl (C=O) groups is 1. The Morgan fingerprint density at radius 3 is 2.54 bits per heavy atom. The van der Waals surface area contributed by atoms with Crippen molar-refractivity contribution in [1.82, 2.24) is 24.6 Å². The monoisotopic (exact) mass is 357 g/mol. The van der Waals surface area contributed by atoms with Crippen molar-refractivity contribution in [2.24, 2.45) is 0 Å². The van der Waals surface area contributed by atoms with Gasteiger partial charge in [-0.05, 0) is 38.4 Å². The zero-order valence-corrected chi connectivity index (χ0v) is 15.5. The van der Waals surface area contributed by atoms with Crippen LogP contribution in [0.15, 0.2) is 35.1 Å². The number of hydrogen-bond acceptors (Lipinski definition) is 4. The predicted octanol–water partition coefficient (Wildman–Crippen LogP) is 1.04. The first-order valence-corrected chi connectivity index (χ1v) is 9.26. The predicted molar refractivity (Wildman–Crippen MR) is 100 cm³/mol. The van der Waals surface area contributed by atoms with Crippen molar-refractivity contribution in [3.63, 3.8) is 0 Å². The molecule has 2 heterocycles. The molecule has 0 unspecified atom stereocenters. The van der Waals surface area contributed by atoms with Crippen LogP contribution in [0.2, 0.25) is 0 Å². The minimum Gasteiger partial charge on any atom is -0.358 e. The SMILES string of the molecule is CCn1c(C2CCN(CC(=O)NC)CC2)nn(Cc2ccccc2)c1=O. The third-order valence-corrected chi connectivity index (χ3v) is 5.04. The lowest BCUT2D eigenvalue weighted by Crippen LogP contribution is -2.40. The lowest BCUT2D eigenvalue weighted by molar-refractivity contribution is -0.122. The van der Waals surface area contributed by atoms with Crippen molar-refractivity contribution >= 4 is 5.91 Å². The molecule has 0 radical (unpaired) electrons. The smallest absolute Gasteiger partial charge is 0.346 e. The van der Waals surface area contributed by atoms with E-state index in [2.05, 4.69) is 15.3 Å². The first-order valence-electron chi connectivity index (χ1n) is 9.26. The van der Waals surface area contributed by atoms with Crippen LogP contribution in [0.4, 0.5) is 0 Å². The summed E-state index contributed by atoms with van der Waals surface area (Å²) in [5, 5.41) is 7.34. The molecule has 1 aliphatic heterocycles. The highest BCUT2D eigenvalue weighted by molar-refractivity contribution is 5.77. The van der Waals surface area contributed by atoms with Gasteiger partial charge in [0.05, 0.1) is 13.1 Å². The van der Waals surface area contributed by atoms with Crippen molar-refractivity contribution in [3.8, 4) is 0 Å². The van der Waals surface area contributed by atoms with Gasteiger partial charge >= 0.3 is 5.69 Å². The van der Waals surface area contributed by atoms with Gasteiger partial charge in [-0.3, -0.25) is 14.3 Å². The third-order valence-electron chi connectivity index (χ3n) is 5.04. The summed E-state index contributed by atoms with van der Waals surface area (Å²) in [5.74, 6) is 1.19. The van der Waals surface area contributed by atoms with Crippen LogP contribution in [0, 0.1) is 0 Å². The fourth-order valence-electron chi connectivity index (χ4n) is 3.55. The summed E-state index contributed by atoms with van der Waals surface area (Å²) in [6, 6.07) is 9.93. The lowest BCUT2D eigenvalue weighted by atomic mass is 9.96. The molecule has 26 heavy (non-hydrogen) atoms. The maximum atomic E-state index is 12.7. The zero-order chi connectivity index (χ0) is 18.5. The second-order valence-corrected chi connectivity index (χ2v) is 6.75. The Labute approximate surface area is 153 Å². The van der Waals surface area contributed by atoms with E-state index in [-0.39, 0.29) is 17.5 Å². The van der Waals surface area contributed by atoms with Gasteiger partial charge in [0.15, 0.2) is 0 Å². The van der Waals surface area contributed by atoms with Gasteiger partial charge < -0.3 is 5.32 Å². The van der Waals surface area contributed by atoms with Gasteiger partial charge in [-0.15, -0.1) is 0 Å². The highest BCUT2D eigenvalue weighted by Gasteiger charge is 2.27. The molecular weight excluding hydrogens is 330 g/mol. The number of likely N-dealkylation sites (tertiary alicyclic amines) is 1. The number of likely N-dealkylation sites (N-methyl/N-ethyl adjacent to an activating group) is 1. The summed E-state index contributed by atoms with van der Waals surface area (Å²) in [6.07, 6.45) is 1.83. The van der Waals surface area contributed by atoms with Crippen molar-refractivity contribution < 1.29 is 4.79 Å². The molecule has 1 N–H and O–H groups in total. The molecule has 1 aromatic heterocycles. The van der Waals surface area contributed by atoms with E-state index in [0.29, 0.717) is 19.6 Å². The maximum Gasteiger partial charge on any atom is 0.346 e. The molecule has 0 saturated carbocycles. The van der Waals surface area contributed by atoms with Crippen molar-refractivity contribution in [2.75, 3.05) is 26.7 Å². The highest BCUT2D eigenvalue weighted by Crippen LogP contribution is 2.26. The Hall–Kier alpha value is -2.41. The van der Waals surface area contributed by atoms with Gasteiger partial charge in [0.25, 0.3) is 0 Å². The topological polar surface area (TPSA) is 72.2 Å². The molecule has 3 rings (SSSR count). The van der Waals surface area contributed by atoms with E-state index in [9.17, 15) is 9.59 Å². The first kappa shape index (κ1) is 18.4. The number of rotatable bonds is 6. The van der Waals surface area contributed by atoms with Crippen LogP contribution in [-0.2, 0) is 17.9 Å². The van der Waals surface area contributed by atoms with E-state index in [1.54, 1.807) is 16.3 Å².